The third kappa shape index (κ3) is 5.22. The second-order valence-electron chi connectivity index (χ2n) is 7.37. The van der Waals surface area contributed by atoms with Gasteiger partial charge in [0.1, 0.15) is 18.2 Å². The molecule has 8 heteroatoms. The van der Waals surface area contributed by atoms with Gasteiger partial charge in [0.25, 0.3) is 11.8 Å². The molecule has 0 aliphatic carbocycles. The van der Waals surface area contributed by atoms with E-state index in [4.69, 9.17) is 32.7 Å². The van der Waals surface area contributed by atoms with E-state index in [1.807, 2.05) is 13.0 Å². The fourth-order valence-corrected chi connectivity index (χ4v) is 3.87. The van der Waals surface area contributed by atoms with Crippen molar-refractivity contribution in [3.05, 3.63) is 74.3 Å². The number of halogens is 2. The van der Waals surface area contributed by atoms with E-state index in [1.54, 1.807) is 49.4 Å². The van der Waals surface area contributed by atoms with Gasteiger partial charge < -0.3 is 9.47 Å². The average Bonchev–Trinajstić information content (AvgIpc) is 2.79. The highest BCUT2D eigenvalue weighted by molar-refractivity contribution is 6.35. The monoisotopic (exact) mass is 484 g/mol. The van der Waals surface area contributed by atoms with Crippen LogP contribution in [-0.2, 0) is 16.2 Å². The van der Waals surface area contributed by atoms with Gasteiger partial charge in [0, 0.05) is 27.7 Å². The molecule has 33 heavy (non-hydrogen) atoms. The normalized spacial score (nSPS) is 15.2. The molecule has 0 spiro atoms. The molecule has 2 aromatic carbocycles. The van der Waals surface area contributed by atoms with Gasteiger partial charge in [-0.2, -0.15) is 5.26 Å². The molecule has 2 aromatic rings. The van der Waals surface area contributed by atoms with Crippen molar-refractivity contribution in [2.75, 3.05) is 13.7 Å². The minimum atomic E-state index is -0.554. The lowest BCUT2D eigenvalue weighted by Crippen LogP contribution is -2.43. The number of hydrogen-bond donors (Lipinski definition) is 0. The summed E-state index contributed by atoms with van der Waals surface area (Å²) in [5.41, 5.74) is 2.06. The first kappa shape index (κ1) is 24.4. The number of amides is 2. The predicted octanol–water partition coefficient (Wildman–Crippen LogP) is 5.58. The molecule has 3 rings (SSSR count). The molecule has 0 radical (unpaired) electrons. The van der Waals surface area contributed by atoms with Gasteiger partial charge in [-0.15, -0.1) is 0 Å². The molecule has 0 unspecified atom stereocenters. The molecule has 0 saturated heterocycles. The van der Waals surface area contributed by atoms with Crippen LogP contribution in [0, 0.1) is 11.3 Å². The summed E-state index contributed by atoms with van der Waals surface area (Å²) in [6.45, 7) is 3.93. The molecular weight excluding hydrogens is 463 g/mol. The van der Waals surface area contributed by atoms with Gasteiger partial charge in [0.05, 0.1) is 7.11 Å². The van der Waals surface area contributed by atoms with Crippen molar-refractivity contribution in [2.24, 2.45) is 0 Å². The van der Waals surface area contributed by atoms with Gasteiger partial charge in [-0.05, 0) is 54.8 Å². The Bertz CT molecular complexity index is 1210. The molecule has 0 fully saturated rings. The molecule has 1 aliphatic heterocycles. The Hall–Kier alpha value is -3.27. The standard InChI is InChI=1S/C25H22Cl2N2O4/c1-4-9-29-24(30)19(15(2)20(13-28)25(29)31)10-16-5-8-22(23(11-16)32-3)33-14-17-6-7-18(26)12-21(17)27/h5-8,10-12H,4,9,14H2,1-3H3/b19-10+. The van der Waals surface area contributed by atoms with Crippen molar-refractivity contribution in [2.45, 2.75) is 26.9 Å². The van der Waals surface area contributed by atoms with E-state index >= 15 is 0 Å². The van der Waals surface area contributed by atoms with E-state index in [1.165, 1.54) is 7.11 Å². The molecule has 1 aliphatic rings. The van der Waals surface area contributed by atoms with Crippen LogP contribution in [0.1, 0.15) is 31.4 Å². The Morgan fingerprint density at radius 2 is 1.85 bits per heavy atom. The van der Waals surface area contributed by atoms with Crippen LogP contribution >= 0.6 is 23.2 Å². The first-order chi connectivity index (χ1) is 15.8. The summed E-state index contributed by atoms with van der Waals surface area (Å²) in [5.74, 6) is -0.0223. The molecule has 0 bridgehead atoms. The topological polar surface area (TPSA) is 79.6 Å². The van der Waals surface area contributed by atoms with Crippen molar-refractivity contribution >= 4 is 41.1 Å². The van der Waals surface area contributed by atoms with E-state index in [2.05, 4.69) is 0 Å². The third-order valence-corrected chi connectivity index (χ3v) is 5.76. The Morgan fingerprint density at radius 1 is 1.09 bits per heavy atom. The minimum Gasteiger partial charge on any atom is -0.493 e. The summed E-state index contributed by atoms with van der Waals surface area (Å²) in [4.78, 5) is 26.6. The first-order valence-corrected chi connectivity index (χ1v) is 11.0. The second-order valence-corrected chi connectivity index (χ2v) is 8.21. The second kappa shape index (κ2) is 10.6. The minimum absolute atomic E-state index is 0.0268. The van der Waals surface area contributed by atoms with Crippen LogP contribution in [0.15, 0.2) is 53.1 Å². The highest BCUT2D eigenvalue weighted by Gasteiger charge is 2.34. The van der Waals surface area contributed by atoms with Crippen molar-refractivity contribution in [3.8, 4) is 17.6 Å². The van der Waals surface area contributed by atoms with Crippen LogP contribution < -0.4 is 9.47 Å². The Morgan fingerprint density at radius 3 is 2.48 bits per heavy atom. The van der Waals surface area contributed by atoms with Crippen LogP contribution in [0.3, 0.4) is 0 Å². The number of carbonyl (C=O) groups excluding carboxylic acids is 2. The largest absolute Gasteiger partial charge is 0.493 e. The number of methoxy groups -OCH3 is 1. The number of rotatable bonds is 7. The van der Waals surface area contributed by atoms with Crippen LogP contribution in [0.4, 0.5) is 0 Å². The number of nitriles is 1. The fourth-order valence-electron chi connectivity index (χ4n) is 3.41. The number of ether oxygens (including phenoxy) is 2. The summed E-state index contributed by atoms with van der Waals surface area (Å²) in [6, 6.07) is 12.3. The maximum Gasteiger partial charge on any atom is 0.271 e. The Labute approximate surface area is 202 Å². The molecule has 0 saturated carbocycles. The molecular formula is C25H22Cl2N2O4. The summed E-state index contributed by atoms with van der Waals surface area (Å²) in [7, 11) is 1.51. The van der Waals surface area contributed by atoms with E-state index in [9.17, 15) is 14.9 Å². The third-order valence-electron chi connectivity index (χ3n) is 5.17. The molecule has 0 atom stereocenters. The highest BCUT2D eigenvalue weighted by Crippen LogP contribution is 2.33. The van der Waals surface area contributed by atoms with Crippen LogP contribution in [-0.4, -0.2) is 30.4 Å². The maximum atomic E-state index is 13.0. The quantitative estimate of drug-likeness (QED) is 0.378. The molecule has 170 valence electrons. The Kier molecular flexibility index (Phi) is 7.80. The van der Waals surface area contributed by atoms with Gasteiger partial charge in [0.15, 0.2) is 11.5 Å². The van der Waals surface area contributed by atoms with Gasteiger partial charge in [-0.3, -0.25) is 14.5 Å². The van der Waals surface area contributed by atoms with Crippen LogP contribution in [0.25, 0.3) is 6.08 Å². The molecule has 1 heterocycles. The van der Waals surface area contributed by atoms with E-state index in [0.717, 1.165) is 10.5 Å². The summed E-state index contributed by atoms with van der Waals surface area (Å²) in [6.07, 6.45) is 2.24. The SMILES string of the molecule is CCCN1C(=O)C(C#N)=C(C)/C(=C\c2ccc(OCc3ccc(Cl)cc3Cl)c(OC)c2)C1=O. The number of hydrogen-bond acceptors (Lipinski definition) is 5. The van der Waals surface area contributed by atoms with E-state index in [-0.39, 0.29) is 18.7 Å². The zero-order valence-electron chi connectivity index (χ0n) is 18.4. The van der Waals surface area contributed by atoms with Crippen molar-refractivity contribution in [3.63, 3.8) is 0 Å². The van der Waals surface area contributed by atoms with Gasteiger partial charge in [0.2, 0.25) is 0 Å². The van der Waals surface area contributed by atoms with Gasteiger partial charge in [-0.25, -0.2) is 0 Å². The van der Waals surface area contributed by atoms with Crippen LogP contribution in [0.5, 0.6) is 11.5 Å². The Balaban J connectivity index is 1.92. The smallest absolute Gasteiger partial charge is 0.271 e. The van der Waals surface area contributed by atoms with Crippen molar-refractivity contribution in [1.82, 2.24) is 4.90 Å². The van der Waals surface area contributed by atoms with Crippen molar-refractivity contribution in [1.29, 1.82) is 5.26 Å². The van der Waals surface area contributed by atoms with Crippen LogP contribution in [0.2, 0.25) is 10.0 Å². The first-order valence-electron chi connectivity index (χ1n) is 10.2. The summed E-state index contributed by atoms with van der Waals surface area (Å²) < 4.78 is 11.3. The lowest BCUT2D eigenvalue weighted by Gasteiger charge is -2.27. The zero-order valence-corrected chi connectivity index (χ0v) is 20.0. The highest BCUT2D eigenvalue weighted by atomic mass is 35.5. The lowest BCUT2D eigenvalue weighted by molar-refractivity contribution is -0.140. The molecule has 0 N–H and O–H groups in total. The number of nitrogens with zero attached hydrogens (tertiary/aromatic N) is 2. The van der Waals surface area contributed by atoms with E-state index in [0.29, 0.717) is 44.7 Å². The van der Waals surface area contributed by atoms with E-state index < -0.39 is 11.8 Å². The molecule has 0 aromatic heterocycles. The molecule has 6 nitrogen and oxygen atoms in total. The summed E-state index contributed by atoms with van der Waals surface area (Å²) in [5, 5.41) is 10.5. The number of benzene rings is 2. The average molecular weight is 485 g/mol. The summed E-state index contributed by atoms with van der Waals surface area (Å²) >= 11 is 12.1. The number of carbonyl (C=O) groups is 2. The zero-order chi connectivity index (χ0) is 24.1. The lowest BCUT2D eigenvalue weighted by atomic mass is 9.93. The van der Waals surface area contributed by atoms with Gasteiger partial charge >= 0.3 is 0 Å². The van der Waals surface area contributed by atoms with Crippen molar-refractivity contribution < 1.29 is 19.1 Å². The van der Waals surface area contributed by atoms with Gasteiger partial charge in [-0.1, -0.05) is 42.3 Å². The predicted molar refractivity (Wildman–Crippen MR) is 127 cm³/mol. The maximum absolute atomic E-state index is 13.0. The number of imide groups is 1. The molecule has 2 amide bonds. The fraction of sp³-hybridized carbons (Fsp3) is 0.240.